The number of halogens is 1. The van der Waals surface area contributed by atoms with Crippen LogP contribution in [0.15, 0.2) is 5.16 Å². The molecule has 2 nitrogen and oxygen atoms in total. The summed E-state index contributed by atoms with van der Waals surface area (Å²) in [5.74, 6) is 0.454. The van der Waals surface area contributed by atoms with Crippen molar-refractivity contribution in [2.75, 3.05) is 12.4 Å². The van der Waals surface area contributed by atoms with Crippen LogP contribution in [0.5, 0.6) is 0 Å². The summed E-state index contributed by atoms with van der Waals surface area (Å²) in [4.78, 5) is 4.46. The van der Waals surface area contributed by atoms with E-state index in [1.54, 1.807) is 6.21 Å². The van der Waals surface area contributed by atoms with Crippen LogP contribution in [0.2, 0.25) is 0 Å². The van der Waals surface area contributed by atoms with E-state index < -0.39 is 0 Å². The molecule has 0 spiro atoms. The van der Waals surface area contributed by atoms with Crippen molar-refractivity contribution in [2.45, 2.75) is 6.92 Å². The third-order valence-electron chi connectivity index (χ3n) is 0.664. The van der Waals surface area contributed by atoms with Gasteiger partial charge in [0.2, 0.25) is 0 Å². The van der Waals surface area contributed by atoms with Crippen molar-refractivity contribution >= 4 is 22.1 Å². The zero-order chi connectivity index (χ0) is 6.41. The molecule has 0 amide bonds. The van der Waals surface area contributed by atoms with Gasteiger partial charge in [-0.2, -0.15) is 0 Å². The molecule has 0 aromatic rings. The van der Waals surface area contributed by atoms with Gasteiger partial charge in [0.25, 0.3) is 0 Å². The molecule has 0 aliphatic rings. The highest BCUT2D eigenvalue weighted by atomic mass is 79.9. The fourth-order valence-corrected chi connectivity index (χ4v) is 0.372. The molecule has 0 rings (SSSR count). The molecule has 0 aromatic carbocycles. The summed E-state index contributed by atoms with van der Waals surface area (Å²) < 4.78 is 0. The Kier molecular flexibility index (Phi) is 5.06. The highest BCUT2D eigenvalue weighted by Crippen LogP contribution is 1.94. The molecule has 0 saturated carbocycles. The Balaban J connectivity index is 3.21. The molecule has 3 heteroatoms. The Bertz CT molecular complexity index is 74.8. The van der Waals surface area contributed by atoms with Crippen LogP contribution >= 0.6 is 15.9 Å². The Morgan fingerprint density at radius 1 is 1.88 bits per heavy atom. The maximum absolute atomic E-state index is 4.46. The molecule has 1 unspecified atom stereocenters. The molecule has 0 heterocycles. The summed E-state index contributed by atoms with van der Waals surface area (Å²) in [6.07, 6.45) is 1.76. The fraction of sp³-hybridized carbons (Fsp3) is 0.800. The number of hydrogen-bond donors (Lipinski definition) is 0. The van der Waals surface area contributed by atoms with Crippen LogP contribution < -0.4 is 0 Å². The highest BCUT2D eigenvalue weighted by Gasteiger charge is 1.90. The normalized spacial score (nSPS) is 14.4. The fourth-order valence-electron chi connectivity index (χ4n) is 0.205. The SMILES string of the molecule is CO/N=C/C(C)CBr. The summed E-state index contributed by atoms with van der Waals surface area (Å²) >= 11 is 3.30. The van der Waals surface area contributed by atoms with Gasteiger partial charge in [0.1, 0.15) is 7.11 Å². The molecule has 0 radical (unpaired) electrons. The number of oxime groups is 1. The molecule has 0 fully saturated rings. The maximum Gasteiger partial charge on any atom is 0.106 e. The molecule has 8 heavy (non-hydrogen) atoms. The third-order valence-corrected chi connectivity index (χ3v) is 1.69. The minimum absolute atomic E-state index is 0.454. The number of rotatable bonds is 3. The minimum atomic E-state index is 0.454. The summed E-state index contributed by atoms with van der Waals surface area (Å²) in [7, 11) is 1.54. The molecule has 0 aromatic heterocycles. The van der Waals surface area contributed by atoms with Gasteiger partial charge >= 0.3 is 0 Å². The lowest BCUT2D eigenvalue weighted by Crippen LogP contribution is -1.95. The Morgan fingerprint density at radius 2 is 2.50 bits per heavy atom. The van der Waals surface area contributed by atoms with E-state index in [0.717, 1.165) is 5.33 Å². The van der Waals surface area contributed by atoms with Crippen LogP contribution in [0.25, 0.3) is 0 Å². The lowest BCUT2D eigenvalue weighted by Gasteiger charge is -1.94. The van der Waals surface area contributed by atoms with Crippen molar-refractivity contribution in [1.29, 1.82) is 0 Å². The average molecular weight is 180 g/mol. The van der Waals surface area contributed by atoms with Gasteiger partial charge in [-0.15, -0.1) is 0 Å². The van der Waals surface area contributed by atoms with Crippen molar-refractivity contribution in [3.63, 3.8) is 0 Å². The third kappa shape index (κ3) is 4.12. The number of nitrogens with zero attached hydrogens (tertiary/aromatic N) is 1. The molecule has 0 saturated heterocycles. The van der Waals surface area contributed by atoms with Crippen molar-refractivity contribution in [2.24, 2.45) is 11.1 Å². The molecule has 0 aliphatic heterocycles. The maximum atomic E-state index is 4.46. The molecule has 0 aliphatic carbocycles. The van der Waals surface area contributed by atoms with Gasteiger partial charge in [-0.05, 0) is 0 Å². The predicted octanol–water partition coefficient (Wildman–Crippen LogP) is 1.65. The van der Waals surface area contributed by atoms with Crippen molar-refractivity contribution in [3.05, 3.63) is 0 Å². The minimum Gasteiger partial charge on any atom is -0.399 e. The Hall–Kier alpha value is -0.0500. The summed E-state index contributed by atoms with van der Waals surface area (Å²) in [5, 5.41) is 4.52. The second-order valence-electron chi connectivity index (χ2n) is 1.57. The number of hydrogen-bond acceptors (Lipinski definition) is 2. The van der Waals surface area contributed by atoms with Gasteiger partial charge in [-0.25, -0.2) is 0 Å². The van der Waals surface area contributed by atoms with E-state index in [4.69, 9.17) is 0 Å². The topological polar surface area (TPSA) is 21.6 Å². The first-order valence-electron chi connectivity index (χ1n) is 2.44. The predicted molar refractivity (Wildman–Crippen MR) is 38.5 cm³/mol. The van der Waals surface area contributed by atoms with E-state index in [0.29, 0.717) is 5.92 Å². The van der Waals surface area contributed by atoms with E-state index in [1.165, 1.54) is 7.11 Å². The van der Waals surface area contributed by atoms with Crippen LogP contribution in [-0.4, -0.2) is 18.7 Å². The van der Waals surface area contributed by atoms with E-state index in [9.17, 15) is 0 Å². The smallest absolute Gasteiger partial charge is 0.106 e. The number of alkyl halides is 1. The van der Waals surface area contributed by atoms with E-state index in [-0.39, 0.29) is 0 Å². The molecule has 0 bridgehead atoms. The standard InChI is InChI=1S/C5H10BrNO/c1-5(3-6)4-7-8-2/h4-5H,3H2,1-2H3/b7-4+. The lowest BCUT2D eigenvalue weighted by atomic mass is 10.3. The van der Waals surface area contributed by atoms with Gasteiger partial charge in [0.05, 0.1) is 0 Å². The average Bonchev–Trinajstić information content (AvgIpc) is 1.83. The van der Waals surface area contributed by atoms with Gasteiger partial charge in [0.15, 0.2) is 0 Å². The van der Waals surface area contributed by atoms with Crippen molar-refractivity contribution in [3.8, 4) is 0 Å². The van der Waals surface area contributed by atoms with E-state index >= 15 is 0 Å². The molecule has 48 valence electrons. The van der Waals surface area contributed by atoms with Crippen LogP contribution in [0, 0.1) is 5.92 Å². The van der Waals surface area contributed by atoms with Crippen molar-refractivity contribution in [1.82, 2.24) is 0 Å². The molecule has 0 N–H and O–H groups in total. The summed E-state index contributed by atoms with van der Waals surface area (Å²) in [6.45, 7) is 2.05. The highest BCUT2D eigenvalue weighted by molar-refractivity contribution is 9.09. The second-order valence-corrected chi connectivity index (χ2v) is 2.22. The van der Waals surface area contributed by atoms with Gasteiger partial charge in [0, 0.05) is 17.5 Å². The quantitative estimate of drug-likeness (QED) is 0.367. The molecule has 1 atom stereocenters. The Labute approximate surface area is 58.0 Å². The van der Waals surface area contributed by atoms with Crippen LogP contribution in [0.3, 0.4) is 0 Å². The van der Waals surface area contributed by atoms with Gasteiger partial charge < -0.3 is 4.84 Å². The van der Waals surface area contributed by atoms with E-state index in [1.807, 2.05) is 0 Å². The first-order chi connectivity index (χ1) is 3.81. The zero-order valence-electron chi connectivity index (χ0n) is 5.10. The monoisotopic (exact) mass is 179 g/mol. The first kappa shape index (κ1) is 7.95. The van der Waals surface area contributed by atoms with Crippen LogP contribution in [-0.2, 0) is 4.84 Å². The largest absolute Gasteiger partial charge is 0.399 e. The molecular formula is C5H10BrNO. The molecular weight excluding hydrogens is 170 g/mol. The lowest BCUT2D eigenvalue weighted by molar-refractivity contribution is 0.214. The first-order valence-corrected chi connectivity index (χ1v) is 3.56. The van der Waals surface area contributed by atoms with Gasteiger partial charge in [-0.3, -0.25) is 0 Å². The summed E-state index contributed by atoms with van der Waals surface area (Å²) in [6, 6.07) is 0. The van der Waals surface area contributed by atoms with Crippen molar-refractivity contribution < 1.29 is 4.84 Å². The summed E-state index contributed by atoms with van der Waals surface area (Å²) in [5.41, 5.74) is 0. The van der Waals surface area contributed by atoms with E-state index in [2.05, 4.69) is 32.8 Å². The van der Waals surface area contributed by atoms with Gasteiger partial charge in [-0.1, -0.05) is 28.0 Å². The zero-order valence-corrected chi connectivity index (χ0v) is 6.68. The van der Waals surface area contributed by atoms with Crippen LogP contribution in [0.4, 0.5) is 0 Å². The second kappa shape index (κ2) is 5.09. The Morgan fingerprint density at radius 3 is 2.88 bits per heavy atom. The van der Waals surface area contributed by atoms with Crippen LogP contribution in [0.1, 0.15) is 6.92 Å².